The maximum Gasteiger partial charge on any atom is 0.321 e. The Kier molecular flexibility index (Phi) is 4.28. The van der Waals surface area contributed by atoms with Crippen LogP contribution in [-0.2, 0) is 15.0 Å². The fourth-order valence-electron chi connectivity index (χ4n) is 1.33. The standard InChI is InChI=1S/C9H18N2O4S/c1-3-11(6-8-4-5-8)16(14,15)10-7(2)9(12)13/h7-8,10H,3-6H2,1-2H3,(H,12,13). The molecule has 1 atom stereocenters. The van der Waals surface area contributed by atoms with E-state index in [-0.39, 0.29) is 0 Å². The Morgan fingerprint density at radius 3 is 2.50 bits per heavy atom. The zero-order valence-corrected chi connectivity index (χ0v) is 10.3. The van der Waals surface area contributed by atoms with Gasteiger partial charge in [-0.25, -0.2) is 0 Å². The van der Waals surface area contributed by atoms with Gasteiger partial charge >= 0.3 is 5.97 Å². The molecule has 1 saturated carbocycles. The van der Waals surface area contributed by atoms with Crippen LogP contribution in [0, 0.1) is 5.92 Å². The largest absolute Gasteiger partial charge is 0.480 e. The van der Waals surface area contributed by atoms with E-state index in [1.165, 1.54) is 11.2 Å². The second kappa shape index (κ2) is 5.11. The predicted molar refractivity (Wildman–Crippen MR) is 59.1 cm³/mol. The molecule has 0 aliphatic heterocycles. The van der Waals surface area contributed by atoms with Gasteiger partial charge in [0.05, 0.1) is 0 Å². The molecule has 0 aromatic carbocycles. The first-order chi connectivity index (χ1) is 7.36. The molecule has 0 aromatic heterocycles. The molecule has 0 aromatic rings. The lowest BCUT2D eigenvalue weighted by atomic mass is 10.4. The summed E-state index contributed by atoms with van der Waals surface area (Å²) in [4.78, 5) is 10.6. The van der Waals surface area contributed by atoms with Gasteiger partial charge in [-0.1, -0.05) is 6.92 Å². The summed E-state index contributed by atoms with van der Waals surface area (Å²) < 4.78 is 27.0. The Morgan fingerprint density at radius 1 is 1.56 bits per heavy atom. The SMILES string of the molecule is CCN(CC1CC1)S(=O)(=O)NC(C)C(=O)O. The average Bonchev–Trinajstić information content (AvgIpc) is 2.96. The molecule has 1 rings (SSSR count). The van der Waals surface area contributed by atoms with Crippen molar-refractivity contribution in [1.29, 1.82) is 0 Å². The zero-order chi connectivity index (χ0) is 12.3. The van der Waals surface area contributed by atoms with E-state index in [1.807, 2.05) is 0 Å². The molecule has 0 amide bonds. The van der Waals surface area contributed by atoms with Gasteiger partial charge in [-0.3, -0.25) is 4.79 Å². The number of carboxylic acid groups (broad SMARTS) is 1. The quantitative estimate of drug-likeness (QED) is 0.667. The fourth-order valence-corrected chi connectivity index (χ4v) is 2.78. The van der Waals surface area contributed by atoms with Crippen LogP contribution in [-0.4, -0.2) is 42.9 Å². The van der Waals surface area contributed by atoms with Crippen molar-refractivity contribution in [3.05, 3.63) is 0 Å². The maximum absolute atomic E-state index is 11.8. The van der Waals surface area contributed by atoms with E-state index in [0.29, 0.717) is 19.0 Å². The van der Waals surface area contributed by atoms with Crippen LogP contribution < -0.4 is 4.72 Å². The number of aliphatic carboxylic acids is 1. The minimum Gasteiger partial charge on any atom is -0.480 e. The van der Waals surface area contributed by atoms with Crippen LogP contribution in [0.25, 0.3) is 0 Å². The van der Waals surface area contributed by atoms with Gasteiger partial charge < -0.3 is 5.11 Å². The Morgan fingerprint density at radius 2 is 2.12 bits per heavy atom. The number of nitrogens with one attached hydrogen (secondary N) is 1. The van der Waals surface area contributed by atoms with Gasteiger partial charge in [-0.15, -0.1) is 0 Å². The number of hydrogen-bond acceptors (Lipinski definition) is 3. The summed E-state index contributed by atoms with van der Waals surface area (Å²) in [5, 5.41) is 8.65. The third-order valence-electron chi connectivity index (χ3n) is 2.55. The predicted octanol–water partition coefficient (Wildman–Crippen LogP) is 0.0258. The molecule has 2 N–H and O–H groups in total. The summed E-state index contributed by atoms with van der Waals surface area (Å²) in [5.74, 6) is -0.734. The van der Waals surface area contributed by atoms with E-state index in [1.54, 1.807) is 6.92 Å². The van der Waals surface area contributed by atoms with Gasteiger partial charge in [-0.2, -0.15) is 17.4 Å². The highest BCUT2D eigenvalue weighted by atomic mass is 32.2. The second-order valence-corrected chi connectivity index (χ2v) is 5.78. The number of rotatable bonds is 7. The Balaban J connectivity index is 2.61. The smallest absolute Gasteiger partial charge is 0.321 e. The van der Waals surface area contributed by atoms with Gasteiger partial charge in [0.2, 0.25) is 0 Å². The molecule has 1 aliphatic rings. The van der Waals surface area contributed by atoms with Gasteiger partial charge in [0.15, 0.2) is 0 Å². The Bertz CT molecular complexity index is 351. The zero-order valence-electron chi connectivity index (χ0n) is 9.51. The summed E-state index contributed by atoms with van der Waals surface area (Å²) in [5.41, 5.74) is 0. The lowest BCUT2D eigenvalue weighted by Crippen LogP contribution is -2.47. The molecule has 0 radical (unpaired) electrons. The topological polar surface area (TPSA) is 86.7 Å². The number of carbonyl (C=O) groups is 1. The average molecular weight is 250 g/mol. The third-order valence-corrected chi connectivity index (χ3v) is 4.29. The van der Waals surface area contributed by atoms with Crippen molar-refractivity contribution >= 4 is 16.2 Å². The monoisotopic (exact) mass is 250 g/mol. The molecule has 0 heterocycles. The van der Waals surface area contributed by atoms with E-state index < -0.39 is 22.2 Å². The van der Waals surface area contributed by atoms with Crippen LogP contribution in [0.15, 0.2) is 0 Å². The van der Waals surface area contributed by atoms with E-state index in [9.17, 15) is 13.2 Å². The first kappa shape index (κ1) is 13.4. The minimum absolute atomic E-state index is 0.359. The van der Waals surface area contributed by atoms with E-state index >= 15 is 0 Å². The maximum atomic E-state index is 11.8. The molecular weight excluding hydrogens is 232 g/mol. The molecule has 16 heavy (non-hydrogen) atoms. The van der Waals surface area contributed by atoms with Crippen LogP contribution in [0.4, 0.5) is 0 Å². The third kappa shape index (κ3) is 3.73. The highest BCUT2D eigenvalue weighted by Gasteiger charge is 2.31. The molecular formula is C9H18N2O4S. The number of carboxylic acids is 1. The summed E-state index contributed by atoms with van der Waals surface area (Å²) in [7, 11) is -3.67. The number of nitrogens with zero attached hydrogens (tertiary/aromatic N) is 1. The normalized spacial score (nSPS) is 18.7. The summed E-state index contributed by atoms with van der Waals surface area (Å²) >= 11 is 0. The van der Waals surface area contributed by atoms with Crippen LogP contribution in [0.2, 0.25) is 0 Å². The summed E-state index contributed by atoms with van der Waals surface area (Å²) in [6, 6.07) is -1.10. The van der Waals surface area contributed by atoms with Gasteiger partial charge in [0.1, 0.15) is 6.04 Å². The van der Waals surface area contributed by atoms with Crippen molar-refractivity contribution in [3.63, 3.8) is 0 Å². The second-order valence-electron chi connectivity index (χ2n) is 4.08. The molecule has 0 saturated heterocycles. The van der Waals surface area contributed by atoms with Crippen LogP contribution in [0.3, 0.4) is 0 Å². The minimum atomic E-state index is -3.67. The van der Waals surface area contributed by atoms with Crippen molar-refractivity contribution in [2.75, 3.05) is 13.1 Å². The Labute approximate surface area is 95.8 Å². The van der Waals surface area contributed by atoms with Crippen molar-refractivity contribution in [2.45, 2.75) is 32.7 Å². The van der Waals surface area contributed by atoms with Crippen molar-refractivity contribution in [1.82, 2.24) is 9.03 Å². The van der Waals surface area contributed by atoms with E-state index in [2.05, 4.69) is 4.72 Å². The molecule has 1 fully saturated rings. The molecule has 0 bridgehead atoms. The molecule has 0 spiro atoms. The van der Waals surface area contributed by atoms with Gasteiger partial charge in [0.25, 0.3) is 10.2 Å². The van der Waals surface area contributed by atoms with Crippen LogP contribution in [0.1, 0.15) is 26.7 Å². The highest BCUT2D eigenvalue weighted by molar-refractivity contribution is 7.87. The summed E-state index contributed by atoms with van der Waals surface area (Å²) in [6.45, 7) is 3.90. The van der Waals surface area contributed by atoms with Crippen molar-refractivity contribution in [3.8, 4) is 0 Å². The first-order valence-electron chi connectivity index (χ1n) is 5.37. The molecule has 6 nitrogen and oxygen atoms in total. The molecule has 1 unspecified atom stereocenters. The van der Waals surface area contributed by atoms with Crippen molar-refractivity contribution in [2.24, 2.45) is 5.92 Å². The van der Waals surface area contributed by atoms with Crippen LogP contribution in [0.5, 0.6) is 0 Å². The summed E-state index contributed by atoms with van der Waals surface area (Å²) in [6.07, 6.45) is 2.11. The molecule has 7 heteroatoms. The highest BCUT2D eigenvalue weighted by Crippen LogP contribution is 2.30. The van der Waals surface area contributed by atoms with E-state index in [0.717, 1.165) is 12.8 Å². The van der Waals surface area contributed by atoms with Crippen molar-refractivity contribution < 1.29 is 18.3 Å². The lowest BCUT2D eigenvalue weighted by molar-refractivity contribution is -0.138. The van der Waals surface area contributed by atoms with Gasteiger partial charge in [0, 0.05) is 13.1 Å². The van der Waals surface area contributed by atoms with E-state index in [4.69, 9.17) is 5.11 Å². The van der Waals surface area contributed by atoms with Gasteiger partial charge in [-0.05, 0) is 25.7 Å². The first-order valence-corrected chi connectivity index (χ1v) is 6.81. The Hall–Kier alpha value is -0.660. The molecule has 1 aliphatic carbocycles. The fraction of sp³-hybridized carbons (Fsp3) is 0.889. The number of hydrogen-bond donors (Lipinski definition) is 2. The molecule has 94 valence electrons. The van der Waals surface area contributed by atoms with Crippen LogP contribution >= 0.6 is 0 Å². The lowest BCUT2D eigenvalue weighted by Gasteiger charge is -2.21.